The van der Waals surface area contributed by atoms with E-state index >= 15 is 0 Å². The Kier molecular flexibility index (Phi) is 6.19. The first-order valence-corrected chi connectivity index (χ1v) is 7.79. The molecule has 0 fully saturated rings. The molecule has 2 aromatic carbocycles. The molecule has 0 aliphatic heterocycles. The molecule has 2 aromatic rings. The van der Waals surface area contributed by atoms with Crippen molar-refractivity contribution in [3.63, 3.8) is 0 Å². The Morgan fingerprint density at radius 2 is 1.65 bits per heavy atom. The molecule has 2 N–H and O–H groups in total. The van der Waals surface area contributed by atoms with Gasteiger partial charge in [-0.25, -0.2) is 4.79 Å². The summed E-state index contributed by atoms with van der Waals surface area (Å²) in [6.45, 7) is 2.01. The number of carboxylic acids is 1. The van der Waals surface area contributed by atoms with Crippen LogP contribution in [-0.2, 0) is 11.3 Å². The molecule has 0 bridgehead atoms. The number of rotatable bonds is 7. The molecule has 0 unspecified atom stereocenters. The zero-order valence-corrected chi connectivity index (χ0v) is 15.1. The average molecular weight is 359 g/mol. The van der Waals surface area contributed by atoms with E-state index in [-0.39, 0.29) is 18.1 Å². The van der Waals surface area contributed by atoms with Crippen LogP contribution in [0.3, 0.4) is 0 Å². The number of methoxy groups -OCH3 is 3. The minimum absolute atomic E-state index is 0.0684. The Morgan fingerprint density at radius 1 is 1.00 bits per heavy atom. The maximum Gasteiger partial charge on any atom is 0.335 e. The number of carbonyl (C=O) groups is 2. The number of benzene rings is 2. The van der Waals surface area contributed by atoms with Gasteiger partial charge in [-0.2, -0.15) is 0 Å². The van der Waals surface area contributed by atoms with Gasteiger partial charge in [-0.1, -0.05) is 0 Å². The highest BCUT2D eigenvalue weighted by Crippen LogP contribution is 2.30. The van der Waals surface area contributed by atoms with Crippen molar-refractivity contribution in [2.24, 2.45) is 0 Å². The summed E-state index contributed by atoms with van der Waals surface area (Å²) < 4.78 is 15.5. The van der Waals surface area contributed by atoms with Gasteiger partial charge in [0.25, 0.3) is 5.91 Å². The molecule has 0 aliphatic carbocycles. The smallest absolute Gasteiger partial charge is 0.335 e. The van der Waals surface area contributed by atoms with Gasteiger partial charge in [0.1, 0.15) is 0 Å². The number of ether oxygens (including phenoxy) is 3. The van der Waals surface area contributed by atoms with Crippen LogP contribution in [0.15, 0.2) is 30.3 Å². The van der Waals surface area contributed by atoms with Gasteiger partial charge < -0.3 is 24.6 Å². The Hall–Kier alpha value is -3.06. The van der Waals surface area contributed by atoms with Crippen LogP contribution in [-0.4, -0.2) is 38.3 Å². The Balaban J connectivity index is 2.36. The first-order valence-electron chi connectivity index (χ1n) is 7.79. The normalized spacial score (nSPS) is 10.3. The molecule has 0 aliphatic rings. The fraction of sp³-hybridized carbons (Fsp3) is 0.263. The summed E-state index contributed by atoms with van der Waals surface area (Å²) in [5.41, 5.74) is 2.19. The minimum atomic E-state index is -1.08. The van der Waals surface area contributed by atoms with Crippen LogP contribution in [0.25, 0.3) is 0 Å². The number of nitrogens with one attached hydrogen (secondary N) is 1. The van der Waals surface area contributed by atoms with Crippen LogP contribution < -0.4 is 14.8 Å². The topological polar surface area (TPSA) is 94.1 Å². The van der Waals surface area contributed by atoms with Gasteiger partial charge in [0.15, 0.2) is 11.5 Å². The van der Waals surface area contributed by atoms with E-state index in [2.05, 4.69) is 5.32 Å². The average Bonchev–Trinajstić information content (AvgIpc) is 2.61. The van der Waals surface area contributed by atoms with E-state index in [1.165, 1.54) is 33.5 Å². The summed E-state index contributed by atoms with van der Waals surface area (Å²) in [6.07, 6.45) is 0. The van der Waals surface area contributed by atoms with Gasteiger partial charge in [-0.3, -0.25) is 4.79 Å². The third-order valence-electron chi connectivity index (χ3n) is 3.78. The van der Waals surface area contributed by atoms with Crippen LogP contribution >= 0.6 is 0 Å². The fourth-order valence-electron chi connectivity index (χ4n) is 2.56. The van der Waals surface area contributed by atoms with Crippen LogP contribution in [0.1, 0.15) is 31.8 Å². The summed E-state index contributed by atoms with van der Waals surface area (Å²) in [4.78, 5) is 24.0. The molecule has 0 saturated carbocycles. The summed E-state index contributed by atoms with van der Waals surface area (Å²) in [6, 6.07) is 7.86. The van der Waals surface area contributed by atoms with Gasteiger partial charge in [-0.15, -0.1) is 0 Å². The molecule has 0 radical (unpaired) electrons. The largest absolute Gasteiger partial charge is 0.493 e. The molecule has 138 valence electrons. The van der Waals surface area contributed by atoms with Gasteiger partial charge in [0, 0.05) is 18.4 Å². The monoisotopic (exact) mass is 359 g/mol. The molecule has 1 amide bonds. The lowest BCUT2D eigenvalue weighted by Gasteiger charge is -2.14. The molecule has 2 rings (SSSR count). The SMILES string of the molecule is COCc1cc(NC(=O)c2cc(OC)c(OC)cc2C)cc(C(=O)O)c1. The lowest BCUT2D eigenvalue weighted by Crippen LogP contribution is -2.15. The van der Waals surface area contributed by atoms with E-state index in [4.69, 9.17) is 14.2 Å². The van der Waals surface area contributed by atoms with Gasteiger partial charge in [0.2, 0.25) is 0 Å². The van der Waals surface area contributed by atoms with Crippen molar-refractivity contribution in [2.45, 2.75) is 13.5 Å². The number of hydrogen-bond acceptors (Lipinski definition) is 5. The van der Waals surface area contributed by atoms with Gasteiger partial charge in [0.05, 0.1) is 26.4 Å². The van der Waals surface area contributed by atoms with Crippen LogP contribution in [0.4, 0.5) is 5.69 Å². The number of carbonyl (C=O) groups excluding carboxylic acids is 1. The Labute approximate surface area is 151 Å². The second-order valence-corrected chi connectivity index (χ2v) is 5.63. The third kappa shape index (κ3) is 4.31. The Bertz CT molecular complexity index is 831. The molecule has 0 heterocycles. The van der Waals surface area contributed by atoms with Crippen LogP contribution in [0.2, 0.25) is 0 Å². The minimum Gasteiger partial charge on any atom is -0.493 e. The van der Waals surface area contributed by atoms with Gasteiger partial charge in [-0.05, 0) is 48.4 Å². The quantitative estimate of drug-likeness (QED) is 0.789. The summed E-state index contributed by atoms with van der Waals surface area (Å²) in [5, 5.41) is 12.0. The first-order chi connectivity index (χ1) is 12.4. The summed E-state index contributed by atoms with van der Waals surface area (Å²) in [7, 11) is 4.52. The van der Waals surface area contributed by atoms with E-state index < -0.39 is 5.97 Å². The van der Waals surface area contributed by atoms with Crippen molar-refractivity contribution < 1.29 is 28.9 Å². The lowest BCUT2D eigenvalue weighted by molar-refractivity contribution is 0.0696. The molecule has 0 aromatic heterocycles. The van der Waals surface area contributed by atoms with Crippen molar-refractivity contribution in [2.75, 3.05) is 26.6 Å². The van der Waals surface area contributed by atoms with Crippen LogP contribution in [0, 0.1) is 6.92 Å². The molecule has 0 saturated heterocycles. The highest BCUT2D eigenvalue weighted by atomic mass is 16.5. The zero-order chi connectivity index (χ0) is 19.3. The molecule has 0 spiro atoms. The highest BCUT2D eigenvalue weighted by molar-refractivity contribution is 6.06. The highest BCUT2D eigenvalue weighted by Gasteiger charge is 2.16. The van der Waals surface area contributed by atoms with Gasteiger partial charge >= 0.3 is 5.97 Å². The second kappa shape index (κ2) is 8.35. The molecule has 26 heavy (non-hydrogen) atoms. The van der Waals surface area contributed by atoms with E-state index in [1.54, 1.807) is 25.1 Å². The summed E-state index contributed by atoms with van der Waals surface area (Å²) >= 11 is 0. The maximum absolute atomic E-state index is 12.7. The number of carboxylic acid groups (broad SMARTS) is 1. The number of hydrogen-bond donors (Lipinski definition) is 2. The van der Waals surface area contributed by atoms with Crippen molar-refractivity contribution in [1.82, 2.24) is 0 Å². The molecular weight excluding hydrogens is 338 g/mol. The molecule has 0 atom stereocenters. The molecule has 7 heteroatoms. The predicted molar refractivity (Wildman–Crippen MR) is 96.4 cm³/mol. The van der Waals surface area contributed by atoms with E-state index in [9.17, 15) is 14.7 Å². The van der Waals surface area contributed by atoms with Crippen molar-refractivity contribution in [1.29, 1.82) is 0 Å². The van der Waals surface area contributed by atoms with E-state index in [0.717, 1.165) is 0 Å². The van der Waals surface area contributed by atoms with Crippen molar-refractivity contribution >= 4 is 17.6 Å². The maximum atomic E-state index is 12.7. The second-order valence-electron chi connectivity index (χ2n) is 5.63. The van der Waals surface area contributed by atoms with Crippen molar-refractivity contribution in [3.8, 4) is 11.5 Å². The van der Waals surface area contributed by atoms with E-state index in [1.807, 2.05) is 0 Å². The third-order valence-corrected chi connectivity index (χ3v) is 3.78. The standard InChI is InChI=1S/C19H21NO6/c1-11-5-16(25-3)17(26-4)9-15(11)18(21)20-14-7-12(10-24-2)6-13(8-14)19(22)23/h5-9H,10H2,1-4H3,(H,20,21)(H,22,23). The summed E-state index contributed by atoms with van der Waals surface area (Å²) in [5.74, 6) is -0.505. The number of amides is 1. The van der Waals surface area contributed by atoms with Crippen LogP contribution in [0.5, 0.6) is 11.5 Å². The Morgan fingerprint density at radius 3 is 2.23 bits per heavy atom. The van der Waals surface area contributed by atoms with Crippen molar-refractivity contribution in [3.05, 3.63) is 52.6 Å². The lowest BCUT2D eigenvalue weighted by atomic mass is 10.1. The zero-order valence-electron chi connectivity index (χ0n) is 15.1. The molecular formula is C19H21NO6. The number of aromatic carboxylic acids is 1. The first kappa shape index (κ1) is 19.3. The number of anilines is 1. The van der Waals surface area contributed by atoms with E-state index in [0.29, 0.717) is 33.9 Å². The number of aryl methyl sites for hydroxylation is 1. The fourth-order valence-corrected chi connectivity index (χ4v) is 2.56. The molecule has 7 nitrogen and oxygen atoms in total. The predicted octanol–water partition coefficient (Wildman–Crippen LogP) is 3.11.